The van der Waals surface area contributed by atoms with E-state index >= 15 is 4.39 Å². The van der Waals surface area contributed by atoms with Crippen LogP contribution in [0.1, 0.15) is 33.6 Å². The Labute approximate surface area is 236 Å². The van der Waals surface area contributed by atoms with E-state index in [0.29, 0.717) is 5.69 Å². The van der Waals surface area contributed by atoms with Gasteiger partial charge < -0.3 is 34.3 Å². The molecular formula is C25H18BrF5N5O5-. The zero-order valence-corrected chi connectivity index (χ0v) is 22.4. The molecule has 0 aliphatic heterocycles. The fraction of sp³-hybridized carbons (Fsp3) is 0.200. The van der Waals surface area contributed by atoms with Gasteiger partial charge in [0.05, 0.1) is 30.7 Å². The first-order chi connectivity index (χ1) is 19.2. The number of aromatic nitrogens is 3. The summed E-state index contributed by atoms with van der Waals surface area (Å²) in [5.41, 5.74) is 3.60. The van der Waals surface area contributed by atoms with Crippen molar-refractivity contribution >= 4 is 27.9 Å². The third-order valence-electron chi connectivity index (χ3n) is 5.69. The van der Waals surface area contributed by atoms with Crippen molar-refractivity contribution in [1.82, 2.24) is 19.4 Å². The number of carbonyl (C=O) groups excluding carboxylic acids is 2. The van der Waals surface area contributed by atoms with Crippen LogP contribution in [0.4, 0.5) is 26.7 Å². The molecule has 0 spiro atoms. The van der Waals surface area contributed by atoms with Crippen LogP contribution < -0.4 is 15.6 Å². The number of ether oxygens (including phenoxy) is 1. The molecule has 4 rings (SSSR count). The highest BCUT2D eigenvalue weighted by molar-refractivity contribution is 9.10. The maximum atomic E-state index is 15.0. The number of carbonyl (C=O) groups is 2. The number of hydrogen-bond acceptors (Lipinski definition) is 7. The van der Waals surface area contributed by atoms with Crippen molar-refractivity contribution in [2.75, 3.05) is 6.54 Å². The smallest absolute Gasteiger partial charge is 0.416 e. The minimum Gasteiger partial charge on any atom is -0.530 e. The summed E-state index contributed by atoms with van der Waals surface area (Å²) >= 11 is 3.13. The van der Waals surface area contributed by atoms with Gasteiger partial charge in [0.2, 0.25) is 5.89 Å². The number of alkyl halides is 3. The van der Waals surface area contributed by atoms with Gasteiger partial charge in [-0.05, 0) is 40.2 Å². The number of halogens is 6. The number of rotatable bonds is 9. The largest absolute Gasteiger partial charge is 0.530 e. The van der Waals surface area contributed by atoms with Crippen molar-refractivity contribution in [3.8, 4) is 17.0 Å². The quantitative estimate of drug-likeness (QED) is 0.270. The van der Waals surface area contributed by atoms with Gasteiger partial charge in [-0.25, -0.2) is 18.7 Å². The summed E-state index contributed by atoms with van der Waals surface area (Å²) in [5, 5.41) is 12.0. The van der Waals surface area contributed by atoms with E-state index in [1.165, 1.54) is 12.5 Å². The number of imidazole rings is 1. The molecule has 0 aliphatic rings. The van der Waals surface area contributed by atoms with Gasteiger partial charge >= 0.3 is 6.18 Å². The fourth-order valence-corrected chi connectivity index (χ4v) is 4.25. The summed E-state index contributed by atoms with van der Waals surface area (Å²) in [7, 11) is 1.66. The molecule has 2 aromatic carbocycles. The molecule has 16 heteroatoms. The van der Waals surface area contributed by atoms with E-state index in [1.807, 2.05) is 0 Å². The Balaban J connectivity index is 1.74. The molecule has 2 N–H and O–H groups in total. The normalized spacial score (nSPS) is 12.3. The number of hydrogen-bond donors (Lipinski definition) is 1. The summed E-state index contributed by atoms with van der Waals surface area (Å²) in [6, 6.07) is 5.50. The first kappa shape index (κ1) is 29.5. The van der Waals surface area contributed by atoms with Crippen LogP contribution in [0, 0.1) is 11.6 Å². The Morgan fingerprint density at radius 3 is 2.44 bits per heavy atom. The molecule has 1 unspecified atom stereocenters. The highest BCUT2D eigenvalue weighted by Gasteiger charge is 2.31. The number of primary amides is 1. The Kier molecular flexibility index (Phi) is 8.32. The molecule has 216 valence electrons. The first-order valence-corrected chi connectivity index (χ1v) is 12.2. The zero-order valence-electron chi connectivity index (χ0n) is 20.8. The lowest BCUT2D eigenvalue weighted by Gasteiger charge is -2.28. The maximum Gasteiger partial charge on any atom is 0.416 e. The minimum atomic E-state index is -4.57. The number of nitrogens with zero attached hydrogens (tertiary/aromatic N) is 4. The van der Waals surface area contributed by atoms with Crippen molar-refractivity contribution in [2.45, 2.75) is 18.8 Å². The highest BCUT2D eigenvalue weighted by atomic mass is 79.9. The van der Waals surface area contributed by atoms with E-state index in [4.69, 9.17) is 14.9 Å². The number of oxazole rings is 1. The first-order valence-electron chi connectivity index (χ1n) is 11.5. The number of benzene rings is 2. The van der Waals surface area contributed by atoms with Crippen molar-refractivity contribution in [3.63, 3.8) is 0 Å². The Bertz CT molecular complexity index is 1590. The lowest BCUT2D eigenvalue weighted by Crippen LogP contribution is -2.43. The van der Waals surface area contributed by atoms with E-state index in [0.717, 1.165) is 41.3 Å². The molecule has 1 atom stereocenters. The fourth-order valence-electron chi connectivity index (χ4n) is 3.77. The second-order valence-electron chi connectivity index (χ2n) is 8.63. The standard InChI is InChI=1S/C25H19BrF5N5O5/c1-35-8-14(33-11-35)9-36(24(38)39)10-17(40-16-7-6-15(27)18(19(16)28)22(32)37)23-34-20(21(26)41-23)12-2-4-13(5-3-12)25(29,30)31/h2-8,11,17H,9-10H2,1H3,(H2,32,37)(H,38,39)/p-1. The maximum absolute atomic E-state index is 15.0. The van der Waals surface area contributed by atoms with Crippen LogP contribution in [0.3, 0.4) is 0 Å². The molecule has 0 fully saturated rings. The third-order valence-corrected chi connectivity index (χ3v) is 6.23. The van der Waals surface area contributed by atoms with Gasteiger partial charge in [-0.15, -0.1) is 0 Å². The molecule has 2 aromatic heterocycles. The van der Waals surface area contributed by atoms with Crippen molar-refractivity contribution < 1.29 is 45.8 Å². The summed E-state index contributed by atoms with van der Waals surface area (Å²) in [6.07, 6.45) is -4.83. The lowest BCUT2D eigenvalue weighted by molar-refractivity contribution is -0.267. The van der Waals surface area contributed by atoms with Crippen LogP contribution in [0.2, 0.25) is 0 Å². The molecule has 4 aromatic rings. The van der Waals surface area contributed by atoms with Gasteiger partial charge in [-0.3, -0.25) is 4.79 Å². The molecule has 0 saturated carbocycles. The van der Waals surface area contributed by atoms with Gasteiger partial charge in [0.15, 0.2) is 22.3 Å². The predicted octanol–water partition coefficient (Wildman–Crippen LogP) is 4.20. The lowest BCUT2D eigenvalue weighted by atomic mass is 10.1. The average Bonchev–Trinajstić information content (AvgIpc) is 3.48. The molecule has 0 saturated heterocycles. The van der Waals surface area contributed by atoms with E-state index in [-0.39, 0.29) is 28.4 Å². The van der Waals surface area contributed by atoms with Crippen LogP contribution in [0.15, 0.2) is 58.0 Å². The van der Waals surface area contributed by atoms with Crippen LogP contribution in [-0.4, -0.2) is 38.0 Å². The summed E-state index contributed by atoms with van der Waals surface area (Å²) in [5.74, 6) is -5.17. The van der Waals surface area contributed by atoms with Gasteiger partial charge in [0.1, 0.15) is 23.2 Å². The second-order valence-corrected chi connectivity index (χ2v) is 9.35. The predicted molar refractivity (Wildman–Crippen MR) is 132 cm³/mol. The van der Waals surface area contributed by atoms with E-state index < -0.39 is 59.3 Å². The highest BCUT2D eigenvalue weighted by Crippen LogP contribution is 2.36. The number of amides is 2. The van der Waals surface area contributed by atoms with Gasteiger partial charge in [-0.2, -0.15) is 13.2 Å². The topological polar surface area (TPSA) is 140 Å². The average molecular weight is 643 g/mol. The molecule has 10 nitrogen and oxygen atoms in total. The number of nitrogens with two attached hydrogens (primary N) is 1. The van der Waals surface area contributed by atoms with Crippen molar-refractivity contribution in [3.05, 3.63) is 87.9 Å². The Hall–Kier alpha value is -4.47. The molecule has 41 heavy (non-hydrogen) atoms. The van der Waals surface area contributed by atoms with Gasteiger partial charge in [0, 0.05) is 18.8 Å². The van der Waals surface area contributed by atoms with Gasteiger partial charge in [-0.1, -0.05) is 12.1 Å². The van der Waals surface area contributed by atoms with E-state index in [9.17, 15) is 32.3 Å². The zero-order chi connectivity index (χ0) is 30.1. The Morgan fingerprint density at radius 2 is 1.88 bits per heavy atom. The van der Waals surface area contributed by atoms with E-state index in [2.05, 4.69) is 25.9 Å². The molecule has 2 heterocycles. The summed E-state index contributed by atoms with van der Waals surface area (Å²) in [4.78, 5) is 32.6. The SMILES string of the molecule is Cn1cnc(CN(CC(Oc2ccc(F)c(C(N)=O)c2F)c2nc(-c3ccc(C(F)(F)F)cc3)c(Br)o2)C(=O)[O-])c1. The van der Waals surface area contributed by atoms with Crippen LogP contribution >= 0.6 is 15.9 Å². The number of carboxylic acid groups (broad SMARTS) is 1. The third kappa shape index (κ3) is 6.65. The monoisotopic (exact) mass is 642 g/mol. The molecule has 2 amide bonds. The molecular weight excluding hydrogens is 625 g/mol. The Morgan fingerprint density at radius 1 is 1.20 bits per heavy atom. The second kappa shape index (κ2) is 11.6. The minimum absolute atomic E-state index is 0.0180. The summed E-state index contributed by atoms with van der Waals surface area (Å²) in [6.45, 7) is -0.893. The van der Waals surface area contributed by atoms with Crippen LogP contribution in [-0.2, 0) is 19.8 Å². The summed E-state index contributed by atoms with van der Waals surface area (Å²) < 4.78 is 80.8. The van der Waals surface area contributed by atoms with Crippen molar-refractivity contribution in [2.24, 2.45) is 12.8 Å². The van der Waals surface area contributed by atoms with Crippen molar-refractivity contribution in [1.29, 1.82) is 0 Å². The van der Waals surface area contributed by atoms with E-state index in [1.54, 1.807) is 11.6 Å². The molecule has 0 aliphatic carbocycles. The van der Waals surface area contributed by atoms with Crippen LogP contribution in [0.5, 0.6) is 5.75 Å². The van der Waals surface area contributed by atoms with Gasteiger partial charge in [0.25, 0.3) is 5.91 Å². The van der Waals surface area contributed by atoms with Crippen LogP contribution in [0.25, 0.3) is 11.3 Å². The number of aryl methyl sites for hydroxylation is 1. The molecule has 0 bridgehead atoms. The molecule has 0 radical (unpaired) electrons.